The third kappa shape index (κ3) is 4.17. The number of piperidine rings is 1. The number of hydrogen-bond donors (Lipinski definition) is 1. The summed E-state index contributed by atoms with van der Waals surface area (Å²) in [7, 11) is 1.83. The van der Waals surface area contributed by atoms with E-state index in [1.165, 1.54) is 64.7 Å². The Morgan fingerprint density at radius 1 is 1.05 bits per heavy atom. The molecule has 0 aromatic carbocycles. The third-order valence-electron chi connectivity index (χ3n) is 5.18. The number of methoxy groups -OCH3 is 1. The molecule has 1 N–H and O–H groups in total. The minimum Gasteiger partial charge on any atom is -0.384 e. The number of hydrogen-bond acceptors (Lipinski definition) is 3. The fraction of sp³-hybridized carbons (Fsp3) is 1.00. The lowest BCUT2D eigenvalue weighted by atomic mass is 9.98. The molecule has 0 aromatic heterocycles. The van der Waals surface area contributed by atoms with Crippen LogP contribution in [0.5, 0.6) is 0 Å². The minimum atomic E-state index is 0.805. The molecule has 0 atom stereocenters. The van der Waals surface area contributed by atoms with Crippen molar-refractivity contribution in [2.45, 2.75) is 44.6 Å². The van der Waals surface area contributed by atoms with E-state index in [1.807, 2.05) is 7.11 Å². The van der Waals surface area contributed by atoms with Crippen molar-refractivity contribution in [3.05, 3.63) is 0 Å². The van der Waals surface area contributed by atoms with Gasteiger partial charge < -0.3 is 15.0 Å². The van der Waals surface area contributed by atoms with Crippen molar-refractivity contribution in [2.75, 3.05) is 39.9 Å². The first-order valence-corrected chi connectivity index (χ1v) is 8.31. The van der Waals surface area contributed by atoms with Gasteiger partial charge in [0, 0.05) is 32.8 Å². The van der Waals surface area contributed by atoms with Crippen molar-refractivity contribution in [3.63, 3.8) is 0 Å². The van der Waals surface area contributed by atoms with Gasteiger partial charge in [-0.3, -0.25) is 0 Å². The Morgan fingerprint density at radius 2 is 1.68 bits per heavy atom. The normalized spacial score (nSPS) is 26.2. The lowest BCUT2D eigenvalue weighted by Crippen LogP contribution is -2.42. The Hall–Kier alpha value is -0.120. The van der Waals surface area contributed by atoms with E-state index in [-0.39, 0.29) is 0 Å². The standard InChI is InChI=1S/C16H30N2O/c1-19-12-13-6-9-18(10-7-13)11-8-17-16(14-2-3-14)15-4-5-15/h13-17H,2-12H2,1H3. The number of rotatable bonds is 8. The molecule has 0 spiro atoms. The number of nitrogens with one attached hydrogen (secondary N) is 1. The second kappa shape index (κ2) is 6.55. The lowest BCUT2D eigenvalue weighted by Gasteiger charge is -2.32. The van der Waals surface area contributed by atoms with E-state index < -0.39 is 0 Å². The van der Waals surface area contributed by atoms with Crippen LogP contribution >= 0.6 is 0 Å². The number of ether oxygens (including phenoxy) is 1. The molecular formula is C16H30N2O. The molecule has 1 saturated heterocycles. The number of likely N-dealkylation sites (tertiary alicyclic amines) is 1. The quantitative estimate of drug-likeness (QED) is 0.728. The van der Waals surface area contributed by atoms with E-state index in [4.69, 9.17) is 4.74 Å². The molecule has 2 aliphatic carbocycles. The first kappa shape index (κ1) is 13.8. The van der Waals surface area contributed by atoms with Gasteiger partial charge in [-0.15, -0.1) is 0 Å². The molecule has 3 aliphatic rings. The van der Waals surface area contributed by atoms with Crippen molar-refractivity contribution >= 4 is 0 Å². The molecule has 3 fully saturated rings. The largest absolute Gasteiger partial charge is 0.384 e. The van der Waals surface area contributed by atoms with Crippen LogP contribution < -0.4 is 5.32 Å². The smallest absolute Gasteiger partial charge is 0.0491 e. The summed E-state index contributed by atoms with van der Waals surface area (Å²) >= 11 is 0. The highest BCUT2D eigenvalue weighted by atomic mass is 16.5. The Balaban J connectivity index is 1.30. The average molecular weight is 266 g/mol. The first-order chi connectivity index (χ1) is 9.36. The first-order valence-electron chi connectivity index (χ1n) is 8.31. The van der Waals surface area contributed by atoms with Gasteiger partial charge in [0.2, 0.25) is 0 Å². The molecule has 0 amide bonds. The SMILES string of the molecule is COCC1CCN(CCNC(C2CC2)C2CC2)CC1. The van der Waals surface area contributed by atoms with Crippen LogP contribution in [0.15, 0.2) is 0 Å². The minimum absolute atomic E-state index is 0.805. The van der Waals surface area contributed by atoms with Crippen molar-refractivity contribution < 1.29 is 4.74 Å². The van der Waals surface area contributed by atoms with Gasteiger partial charge >= 0.3 is 0 Å². The summed E-state index contributed by atoms with van der Waals surface area (Å²) in [5.74, 6) is 2.86. The molecule has 19 heavy (non-hydrogen) atoms. The zero-order valence-electron chi connectivity index (χ0n) is 12.4. The summed E-state index contributed by atoms with van der Waals surface area (Å²) in [6, 6.07) is 0.867. The van der Waals surface area contributed by atoms with E-state index in [0.717, 1.165) is 30.4 Å². The highest BCUT2D eigenvalue weighted by Gasteiger charge is 2.40. The average Bonchev–Trinajstić information content (AvgIpc) is 3.29. The molecule has 3 nitrogen and oxygen atoms in total. The molecule has 0 bridgehead atoms. The summed E-state index contributed by atoms with van der Waals surface area (Å²) in [5.41, 5.74) is 0. The van der Waals surface area contributed by atoms with Crippen LogP contribution in [0.1, 0.15) is 38.5 Å². The second-order valence-electron chi connectivity index (χ2n) is 6.90. The monoisotopic (exact) mass is 266 g/mol. The summed E-state index contributed by atoms with van der Waals surface area (Å²) in [5, 5.41) is 3.86. The summed E-state index contributed by atoms with van der Waals surface area (Å²) in [4.78, 5) is 2.63. The predicted octanol–water partition coefficient (Wildman–Crippen LogP) is 2.12. The zero-order chi connectivity index (χ0) is 13.1. The summed E-state index contributed by atoms with van der Waals surface area (Å²) in [6.07, 6.45) is 8.57. The van der Waals surface area contributed by atoms with Crippen molar-refractivity contribution in [2.24, 2.45) is 17.8 Å². The summed E-state index contributed by atoms with van der Waals surface area (Å²) < 4.78 is 5.26. The molecule has 3 heteroatoms. The highest BCUT2D eigenvalue weighted by molar-refractivity contribution is 4.96. The van der Waals surface area contributed by atoms with E-state index in [1.54, 1.807) is 0 Å². The van der Waals surface area contributed by atoms with Crippen LogP contribution in [-0.2, 0) is 4.74 Å². The van der Waals surface area contributed by atoms with Gasteiger partial charge in [0.1, 0.15) is 0 Å². The molecule has 110 valence electrons. The maximum absolute atomic E-state index is 5.26. The van der Waals surface area contributed by atoms with Crippen molar-refractivity contribution in [3.8, 4) is 0 Å². The fourth-order valence-electron chi connectivity index (χ4n) is 3.63. The Bertz CT molecular complexity index is 256. The van der Waals surface area contributed by atoms with Crippen molar-refractivity contribution in [1.82, 2.24) is 10.2 Å². The molecule has 1 aliphatic heterocycles. The maximum atomic E-state index is 5.26. The molecule has 0 aromatic rings. The maximum Gasteiger partial charge on any atom is 0.0491 e. The Kier molecular flexibility index (Phi) is 4.78. The molecule has 3 rings (SSSR count). The molecule has 2 saturated carbocycles. The third-order valence-corrected chi connectivity index (χ3v) is 5.18. The zero-order valence-corrected chi connectivity index (χ0v) is 12.4. The van der Waals surface area contributed by atoms with Gasteiger partial charge in [-0.2, -0.15) is 0 Å². The van der Waals surface area contributed by atoms with Gasteiger partial charge in [0.25, 0.3) is 0 Å². The van der Waals surface area contributed by atoms with Crippen LogP contribution in [0, 0.1) is 17.8 Å². The second-order valence-corrected chi connectivity index (χ2v) is 6.90. The van der Waals surface area contributed by atoms with E-state index in [0.29, 0.717) is 0 Å². The van der Waals surface area contributed by atoms with Gasteiger partial charge in [-0.25, -0.2) is 0 Å². The molecule has 1 heterocycles. The Morgan fingerprint density at radius 3 is 2.21 bits per heavy atom. The predicted molar refractivity (Wildman–Crippen MR) is 78.3 cm³/mol. The highest BCUT2D eigenvalue weighted by Crippen LogP contribution is 2.44. The van der Waals surface area contributed by atoms with Crippen LogP contribution in [0.3, 0.4) is 0 Å². The van der Waals surface area contributed by atoms with Crippen LogP contribution in [0.25, 0.3) is 0 Å². The van der Waals surface area contributed by atoms with Gasteiger partial charge in [-0.1, -0.05) is 0 Å². The lowest BCUT2D eigenvalue weighted by molar-refractivity contribution is 0.0993. The topological polar surface area (TPSA) is 24.5 Å². The molecule has 0 radical (unpaired) electrons. The van der Waals surface area contributed by atoms with Crippen LogP contribution in [0.4, 0.5) is 0 Å². The van der Waals surface area contributed by atoms with Gasteiger partial charge in [0.15, 0.2) is 0 Å². The molecular weight excluding hydrogens is 236 g/mol. The Labute approximate surface area is 118 Å². The van der Waals surface area contributed by atoms with E-state index in [2.05, 4.69) is 10.2 Å². The molecule has 0 unspecified atom stereocenters. The van der Waals surface area contributed by atoms with E-state index in [9.17, 15) is 0 Å². The van der Waals surface area contributed by atoms with Gasteiger partial charge in [-0.05, 0) is 69.4 Å². The van der Waals surface area contributed by atoms with Crippen LogP contribution in [0.2, 0.25) is 0 Å². The van der Waals surface area contributed by atoms with E-state index >= 15 is 0 Å². The summed E-state index contributed by atoms with van der Waals surface area (Å²) in [6.45, 7) is 5.94. The fourth-order valence-corrected chi connectivity index (χ4v) is 3.63. The number of nitrogens with zero attached hydrogens (tertiary/aromatic N) is 1. The van der Waals surface area contributed by atoms with Crippen molar-refractivity contribution in [1.29, 1.82) is 0 Å². The van der Waals surface area contributed by atoms with Crippen LogP contribution in [-0.4, -0.2) is 50.8 Å². The van der Waals surface area contributed by atoms with Gasteiger partial charge in [0.05, 0.1) is 0 Å².